The van der Waals surface area contributed by atoms with Gasteiger partial charge in [0, 0.05) is 51.1 Å². The van der Waals surface area contributed by atoms with Crippen LogP contribution >= 0.6 is 0 Å². The van der Waals surface area contributed by atoms with E-state index >= 15 is 0 Å². The normalized spacial score (nSPS) is 31.8. The van der Waals surface area contributed by atoms with E-state index in [2.05, 4.69) is 14.7 Å². The van der Waals surface area contributed by atoms with Gasteiger partial charge in [-0.25, -0.2) is 13.1 Å². The Hall–Kier alpha value is -0.960. The number of nitrogens with zero attached hydrogens (tertiary/aromatic N) is 3. The van der Waals surface area contributed by atoms with Crippen molar-refractivity contribution in [1.82, 2.24) is 19.4 Å². The van der Waals surface area contributed by atoms with Crippen molar-refractivity contribution < 1.29 is 13.2 Å². The van der Waals surface area contributed by atoms with E-state index in [1.165, 1.54) is 5.56 Å². The van der Waals surface area contributed by atoms with Crippen LogP contribution in [0.1, 0.15) is 37.7 Å². The fourth-order valence-corrected chi connectivity index (χ4v) is 5.61. The molecule has 0 bridgehead atoms. The van der Waals surface area contributed by atoms with E-state index in [1.54, 1.807) is 0 Å². The van der Waals surface area contributed by atoms with E-state index in [9.17, 15) is 8.42 Å². The van der Waals surface area contributed by atoms with Gasteiger partial charge in [0.1, 0.15) is 0 Å². The third kappa shape index (κ3) is 3.51. The van der Waals surface area contributed by atoms with Crippen molar-refractivity contribution in [3.05, 3.63) is 18.0 Å². The second-order valence-electron chi connectivity index (χ2n) is 7.57. The van der Waals surface area contributed by atoms with Crippen molar-refractivity contribution >= 4 is 10.0 Å². The lowest BCUT2D eigenvalue weighted by atomic mass is 9.90. The molecule has 1 spiro atoms. The Morgan fingerprint density at radius 1 is 1.42 bits per heavy atom. The summed E-state index contributed by atoms with van der Waals surface area (Å²) in [6, 6.07) is 0.0164. The van der Waals surface area contributed by atoms with Crippen molar-refractivity contribution in [1.29, 1.82) is 0 Å². The van der Waals surface area contributed by atoms with Crippen molar-refractivity contribution in [2.45, 2.75) is 55.5 Å². The van der Waals surface area contributed by atoms with Crippen molar-refractivity contribution in [3.63, 3.8) is 0 Å². The minimum absolute atomic E-state index is 0.0164. The highest BCUT2D eigenvalue weighted by molar-refractivity contribution is 7.90. The Morgan fingerprint density at radius 2 is 2.25 bits per heavy atom. The van der Waals surface area contributed by atoms with Gasteiger partial charge < -0.3 is 4.74 Å². The zero-order valence-corrected chi connectivity index (χ0v) is 15.0. The Kier molecular flexibility index (Phi) is 4.19. The second kappa shape index (κ2) is 6.09. The first kappa shape index (κ1) is 16.5. The zero-order valence-electron chi connectivity index (χ0n) is 14.1. The molecule has 1 N–H and O–H groups in total. The van der Waals surface area contributed by atoms with E-state index in [4.69, 9.17) is 4.74 Å². The van der Waals surface area contributed by atoms with Crippen LogP contribution in [0.4, 0.5) is 0 Å². The standard InChI is InChI=1S/C16H26N4O3S/c1-19-10-13(9-17-19)11-20-6-5-16(12-20)8-14(4-7-23-16)18-24(21,22)15-2-3-15/h9-10,14-15,18H,2-8,11-12H2,1H3/t14-,16+/m1/s1. The second-order valence-corrected chi connectivity index (χ2v) is 9.56. The molecule has 2 aliphatic heterocycles. The number of hydrogen-bond donors (Lipinski definition) is 1. The molecule has 0 aromatic carbocycles. The largest absolute Gasteiger partial charge is 0.373 e. The smallest absolute Gasteiger partial charge is 0.214 e. The first-order valence-corrected chi connectivity index (χ1v) is 10.3. The Bertz CT molecular complexity index is 700. The fourth-order valence-electron chi connectivity index (χ4n) is 3.99. The molecule has 3 fully saturated rings. The quantitative estimate of drug-likeness (QED) is 0.839. The van der Waals surface area contributed by atoms with Crippen molar-refractivity contribution in [3.8, 4) is 0 Å². The number of likely N-dealkylation sites (tertiary alicyclic amines) is 1. The van der Waals surface area contributed by atoms with Crippen LogP contribution in [0.15, 0.2) is 12.4 Å². The first-order valence-electron chi connectivity index (χ1n) is 8.79. The van der Waals surface area contributed by atoms with Gasteiger partial charge in [-0.2, -0.15) is 5.10 Å². The summed E-state index contributed by atoms with van der Waals surface area (Å²) in [6.45, 7) is 3.36. The maximum Gasteiger partial charge on any atom is 0.214 e. The molecule has 1 aromatic rings. The Morgan fingerprint density at radius 3 is 2.96 bits per heavy atom. The molecule has 1 saturated carbocycles. The van der Waals surface area contributed by atoms with Gasteiger partial charge in [-0.1, -0.05) is 0 Å². The minimum atomic E-state index is -3.12. The van der Waals surface area contributed by atoms with Crippen LogP contribution in [0.2, 0.25) is 0 Å². The zero-order chi connectivity index (χ0) is 16.8. The Labute approximate surface area is 143 Å². The summed E-state index contributed by atoms with van der Waals surface area (Å²) in [5.41, 5.74) is 1.01. The summed E-state index contributed by atoms with van der Waals surface area (Å²) in [6.07, 6.45) is 8.08. The summed E-state index contributed by atoms with van der Waals surface area (Å²) in [4.78, 5) is 2.38. The lowest BCUT2D eigenvalue weighted by Crippen LogP contribution is -2.50. The minimum Gasteiger partial charge on any atom is -0.373 e. The van der Waals surface area contributed by atoms with E-state index in [-0.39, 0.29) is 16.9 Å². The molecule has 134 valence electrons. The molecule has 4 rings (SSSR count). The molecule has 2 saturated heterocycles. The lowest BCUT2D eigenvalue weighted by Gasteiger charge is -2.38. The topological polar surface area (TPSA) is 76.5 Å². The van der Waals surface area contributed by atoms with Gasteiger partial charge >= 0.3 is 0 Å². The predicted octanol–water partition coefficient (Wildman–Crippen LogP) is 0.625. The first-order chi connectivity index (χ1) is 11.4. The summed E-state index contributed by atoms with van der Waals surface area (Å²) in [7, 11) is -1.20. The van der Waals surface area contributed by atoms with Crippen LogP contribution in [0.5, 0.6) is 0 Å². The molecular formula is C16H26N4O3S. The highest BCUT2D eigenvalue weighted by Crippen LogP contribution is 2.36. The molecule has 8 heteroatoms. The number of nitrogens with one attached hydrogen (secondary N) is 1. The summed E-state index contributed by atoms with van der Waals surface area (Å²) >= 11 is 0. The van der Waals surface area contributed by atoms with Gasteiger partial charge in [-0.05, 0) is 32.1 Å². The summed E-state index contributed by atoms with van der Waals surface area (Å²) < 4.78 is 35.3. The predicted molar refractivity (Wildman–Crippen MR) is 89.9 cm³/mol. The van der Waals surface area contributed by atoms with Crippen LogP contribution in [-0.2, 0) is 28.4 Å². The van der Waals surface area contributed by atoms with E-state index in [0.29, 0.717) is 6.61 Å². The molecule has 3 heterocycles. The maximum absolute atomic E-state index is 12.2. The van der Waals surface area contributed by atoms with Gasteiger partial charge in [0.05, 0.1) is 17.0 Å². The van der Waals surface area contributed by atoms with Crippen LogP contribution in [0.3, 0.4) is 0 Å². The molecule has 1 aromatic heterocycles. The van der Waals surface area contributed by atoms with Crippen molar-refractivity contribution in [2.24, 2.45) is 7.05 Å². The lowest BCUT2D eigenvalue weighted by molar-refractivity contribution is -0.0779. The summed E-state index contributed by atoms with van der Waals surface area (Å²) in [5, 5.41) is 4.07. The Balaban J connectivity index is 1.36. The highest BCUT2D eigenvalue weighted by Gasteiger charge is 2.45. The van der Waals surface area contributed by atoms with E-state index in [0.717, 1.165) is 51.7 Å². The average molecular weight is 354 g/mol. The number of aryl methyl sites for hydroxylation is 1. The van der Waals surface area contributed by atoms with Gasteiger partial charge in [0.25, 0.3) is 0 Å². The number of ether oxygens (including phenoxy) is 1. The number of rotatable bonds is 5. The van der Waals surface area contributed by atoms with Crippen LogP contribution in [-0.4, -0.2) is 59.7 Å². The maximum atomic E-state index is 12.2. The number of aromatic nitrogens is 2. The molecule has 1 aliphatic carbocycles. The van der Waals surface area contributed by atoms with E-state index in [1.807, 2.05) is 24.1 Å². The molecule has 0 radical (unpaired) electrons. The number of sulfonamides is 1. The molecule has 2 atom stereocenters. The fraction of sp³-hybridized carbons (Fsp3) is 0.812. The summed E-state index contributed by atoms with van der Waals surface area (Å²) in [5.74, 6) is 0. The third-order valence-electron chi connectivity index (χ3n) is 5.35. The van der Waals surface area contributed by atoms with E-state index < -0.39 is 10.0 Å². The molecule has 7 nitrogen and oxygen atoms in total. The average Bonchev–Trinajstić information content (AvgIpc) is 3.22. The van der Waals surface area contributed by atoms with Crippen LogP contribution in [0.25, 0.3) is 0 Å². The van der Waals surface area contributed by atoms with Gasteiger partial charge in [0.2, 0.25) is 10.0 Å². The highest BCUT2D eigenvalue weighted by atomic mass is 32.2. The van der Waals surface area contributed by atoms with Crippen LogP contribution < -0.4 is 4.72 Å². The molecule has 24 heavy (non-hydrogen) atoms. The van der Waals surface area contributed by atoms with Crippen LogP contribution in [0, 0.1) is 0 Å². The monoisotopic (exact) mass is 354 g/mol. The molecule has 0 unspecified atom stereocenters. The molecule has 3 aliphatic rings. The number of hydrogen-bond acceptors (Lipinski definition) is 5. The SMILES string of the molecule is Cn1cc(CN2CC[C@]3(C[C@H](NS(=O)(=O)C4CC4)CCO3)C2)cn1. The third-order valence-corrected chi connectivity index (χ3v) is 7.36. The van der Waals surface area contributed by atoms with Gasteiger partial charge in [-0.3, -0.25) is 9.58 Å². The van der Waals surface area contributed by atoms with Gasteiger partial charge in [-0.15, -0.1) is 0 Å². The molecular weight excluding hydrogens is 328 g/mol. The molecule has 0 amide bonds. The van der Waals surface area contributed by atoms with Gasteiger partial charge in [0.15, 0.2) is 0 Å². The van der Waals surface area contributed by atoms with Crippen molar-refractivity contribution in [2.75, 3.05) is 19.7 Å².